The van der Waals surface area contributed by atoms with E-state index < -0.39 is 5.82 Å². The van der Waals surface area contributed by atoms with Crippen molar-refractivity contribution in [2.75, 3.05) is 11.9 Å². The molecule has 5 heteroatoms. The normalized spacial score (nSPS) is 23.1. The number of carbonyl (C=O) groups excluding carboxylic acids is 1. The third-order valence-corrected chi connectivity index (χ3v) is 3.97. The van der Waals surface area contributed by atoms with Gasteiger partial charge in [-0.25, -0.2) is 4.39 Å². The van der Waals surface area contributed by atoms with Gasteiger partial charge in [0.25, 0.3) is 0 Å². The van der Waals surface area contributed by atoms with E-state index in [9.17, 15) is 9.18 Å². The minimum atomic E-state index is -0.464. The number of anilines is 1. The molecule has 1 aliphatic rings. The molecule has 0 aromatic heterocycles. The highest BCUT2D eigenvalue weighted by Crippen LogP contribution is 2.29. The third kappa shape index (κ3) is 3.67. The van der Waals surface area contributed by atoms with Gasteiger partial charge >= 0.3 is 0 Å². The Morgan fingerprint density at radius 1 is 1.37 bits per heavy atom. The van der Waals surface area contributed by atoms with E-state index in [4.69, 9.17) is 17.3 Å². The Morgan fingerprint density at radius 2 is 2.05 bits per heavy atom. The summed E-state index contributed by atoms with van der Waals surface area (Å²) in [6.45, 7) is 0.678. The molecule has 1 amide bonds. The SMILES string of the molecule is NCC1CCC(C(=O)Nc2cc(Cl)ccc2F)CC1. The second kappa shape index (κ2) is 6.35. The number of nitrogens with one attached hydrogen (secondary N) is 1. The van der Waals surface area contributed by atoms with E-state index in [0.717, 1.165) is 25.7 Å². The van der Waals surface area contributed by atoms with Gasteiger partial charge in [-0.2, -0.15) is 0 Å². The van der Waals surface area contributed by atoms with Crippen LogP contribution in [0, 0.1) is 17.7 Å². The van der Waals surface area contributed by atoms with Gasteiger partial charge < -0.3 is 11.1 Å². The lowest BCUT2D eigenvalue weighted by Crippen LogP contribution is -2.29. The molecule has 1 aromatic carbocycles. The van der Waals surface area contributed by atoms with Gasteiger partial charge in [0.15, 0.2) is 0 Å². The van der Waals surface area contributed by atoms with E-state index in [2.05, 4.69) is 5.32 Å². The van der Waals surface area contributed by atoms with Crippen LogP contribution in [-0.4, -0.2) is 12.5 Å². The van der Waals surface area contributed by atoms with Crippen LogP contribution < -0.4 is 11.1 Å². The van der Waals surface area contributed by atoms with Crippen LogP contribution in [0.3, 0.4) is 0 Å². The smallest absolute Gasteiger partial charge is 0.227 e. The molecule has 0 saturated heterocycles. The number of carbonyl (C=O) groups is 1. The van der Waals surface area contributed by atoms with Gasteiger partial charge in [0.05, 0.1) is 5.69 Å². The van der Waals surface area contributed by atoms with E-state index in [0.29, 0.717) is 17.5 Å². The molecule has 1 aliphatic carbocycles. The van der Waals surface area contributed by atoms with E-state index >= 15 is 0 Å². The number of benzene rings is 1. The Hall–Kier alpha value is -1.13. The first-order chi connectivity index (χ1) is 9.10. The van der Waals surface area contributed by atoms with Crippen molar-refractivity contribution in [3.8, 4) is 0 Å². The molecular weight excluding hydrogens is 267 g/mol. The van der Waals surface area contributed by atoms with Gasteiger partial charge in [0, 0.05) is 10.9 Å². The van der Waals surface area contributed by atoms with Crippen LogP contribution >= 0.6 is 11.6 Å². The molecule has 0 aliphatic heterocycles. The molecule has 0 atom stereocenters. The Bertz CT molecular complexity index is 459. The summed E-state index contributed by atoms with van der Waals surface area (Å²) in [4.78, 5) is 12.1. The maximum Gasteiger partial charge on any atom is 0.227 e. The molecule has 1 fully saturated rings. The Morgan fingerprint density at radius 3 is 2.68 bits per heavy atom. The summed E-state index contributed by atoms with van der Waals surface area (Å²) < 4.78 is 13.5. The molecule has 19 heavy (non-hydrogen) atoms. The highest BCUT2D eigenvalue weighted by molar-refractivity contribution is 6.30. The predicted octanol–water partition coefficient (Wildman–Crippen LogP) is 3.18. The van der Waals surface area contributed by atoms with Gasteiger partial charge in [-0.05, 0) is 56.3 Å². The van der Waals surface area contributed by atoms with Crippen molar-refractivity contribution < 1.29 is 9.18 Å². The second-order valence-electron chi connectivity index (χ2n) is 5.07. The van der Waals surface area contributed by atoms with Crippen molar-refractivity contribution in [3.05, 3.63) is 29.0 Å². The number of halogens is 2. The van der Waals surface area contributed by atoms with Gasteiger partial charge in [0.2, 0.25) is 5.91 Å². The summed E-state index contributed by atoms with van der Waals surface area (Å²) in [5.74, 6) is -0.127. The summed E-state index contributed by atoms with van der Waals surface area (Å²) in [5.41, 5.74) is 5.77. The Labute approximate surface area is 117 Å². The molecule has 0 radical (unpaired) electrons. The fourth-order valence-electron chi connectivity index (χ4n) is 2.49. The monoisotopic (exact) mass is 284 g/mol. The molecule has 3 nitrogen and oxygen atoms in total. The molecule has 2 rings (SSSR count). The highest BCUT2D eigenvalue weighted by Gasteiger charge is 2.26. The van der Waals surface area contributed by atoms with Crippen molar-refractivity contribution in [2.45, 2.75) is 25.7 Å². The quantitative estimate of drug-likeness (QED) is 0.896. The van der Waals surface area contributed by atoms with Crippen LogP contribution in [0.25, 0.3) is 0 Å². The van der Waals surface area contributed by atoms with Gasteiger partial charge in [0.1, 0.15) is 5.82 Å². The highest BCUT2D eigenvalue weighted by atomic mass is 35.5. The first-order valence-corrected chi connectivity index (χ1v) is 6.94. The molecule has 0 unspecified atom stereocenters. The fourth-order valence-corrected chi connectivity index (χ4v) is 2.66. The zero-order valence-electron chi connectivity index (χ0n) is 10.7. The van der Waals surface area contributed by atoms with Gasteiger partial charge in [-0.3, -0.25) is 4.79 Å². The van der Waals surface area contributed by atoms with Crippen LogP contribution in [0.4, 0.5) is 10.1 Å². The molecule has 0 spiro atoms. The Kier molecular flexibility index (Phi) is 4.77. The molecule has 0 bridgehead atoms. The minimum absolute atomic E-state index is 0.0545. The molecule has 0 heterocycles. The standard InChI is InChI=1S/C14H18ClFN2O/c15-11-5-6-12(16)13(7-11)18-14(19)10-3-1-9(8-17)2-4-10/h5-7,9-10H,1-4,8,17H2,(H,18,19). The number of hydrogen-bond donors (Lipinski definition) is 2. The zero-order chi connectivity index (χ0) is 13.8. The lowest BCUT2D eigenvalue weighted by atomic mass is 9.81. The average molecular weight is 285 g/mol. The van der Waals surface area contributed by atoms with E-state index in [1.165, 1.54) is 18.2 Å². The summed E-state index contributed by atoms with van der Waals surface area (Å²) in [6.07, 6.45) is 3.56. The van der Waals surface area contributed by atoms with Crippen molar-refractivity contribution >= 4 is 23.2 Å². The summed E-state index contributed by atoms with van der Waals surface area (Å²) >= 11 is 5.79. The van der Waals surface area contributed by atoms with Gasteiger partial charge in [-0.15, -0.1) is 0 Å². The zero-order valence-corrected chi connectivity index (χ0v) is 11.4. The topological polar surface area (TPSA) is 55.1 Å². The number of amides is 1. The number of hydrogen-bond acceptors (Lipinski definition) is 2. The molecular formula is C14H18ClFN2O. The van der Waals surface area contributed by atoms with E-state index in [1.807, 2.05) is 0 Å². The number of nitrogens with two attached hydrogens (primary N) is 1. The molecule has 3 N–H and O–H groups in total. The van der Waals surface area contributed by atoms with Crippen LogP contribution in [0.1, 0.15) is 25.7 Å². The van der Waals surface area contributed by atoms with Crippen LogP contribution in [0.2, 0.25) is 5.02 Å². The lowest BCUT2D eigenvalue weighted by Gasteiger charge is -2.26. The maximum atomic E-state index is 13.5. The maximum absolute atomic E-state index is 13.5. The van der Waals surface area contributed by atoms with Crippen molar-refractivity contribution in [3.63, 3.8) is 0 Å². The largest absolute Gasteiger partial charge is 0.330 e. The van der Waals surface area contributed by atoms with Crippen LogP contribution in [-0.2, 0) is 4.79 Å². The summed E-state index contributed by atoms with van der Waals surface area (Å²) in [5, 5.41) is 3.03. The van der Waals surface area contributed by atoms with E-state index in [-0.39, 0.29) is 17.5 Å². The summed E-state index contributed by atoms with van der Waals surface area (Å²) in [6, 6.07) is 4.14. The molecule has 104 valence electrons. The minimum Gasteiger partial charge on any atom is -0.330 e. The van der Waals surface area contributed by atoms with Crippen molar-refractivity contribution in [2.24, 2.45) is 17.6 Å². The summed E-state index contributed by atoms with van der Waals surface area (Å²) in [7, 11) is 0. The lowest BCUT2D eigenvalue weighted by molar-refractivity contribution is -0.121. The molecule has 1 saturated carbocycles. The first-order valence-electron chi connectivity index (χ1n) is 6.56. The average Bonchev–Trinajstić information content (AvgIpc) is 2.43. The Balaban J connectivity index is 1.96. The molecule has 1 aromatic rings. The number of rotatable bonds is 3. The predicted molar refractivity (Wildman–Crippen MR) is 74.5 cm³/mol. The third-order valence-electron chi connectivity index (χ3n) is 3.74. The second-order valence-corrected chi connectivity index (χ2v) is 5.50. The van der Waals surface area contributed by atoms with Crippen molar-refractivity contribution in [1.82, 2.24) is 0 Å². The van der Waals surface area contributed by atoms with Crippen molar-refractivity contribution in [1.29, 1.82) is 0 Å². The van der Waals surface area contributed by atoms with Crippen LogP contribution in [0.15, 0.2) is 18.2 Å². The van der Waals surface area contributed by atoms with Gasteiger partial charge in [-0.1, -0.05) is 11.6 Å². The van der Waals surface area contributed by atoms with Crippen LogP contribution in [0.5, 0.6) is 0 Å². The fraction of sp³-hybridized carbons (Fsp3) is 0.500. The van der Waals surface area contributed by atoms with E-state index in [1.54, 1.807) is 0 Å². The first kappa shape index (κ1) is 14.3.